The van der Waals surface area contributed by atoms with E-state index in [1.165, 1.54) is 16.8 Å². The van der Waals surface area contributed by atoms with Gasteiger partial charge >= 0.3 is 0 Å². The summed E-state index contributed by atoms with van der Waals surface area (Å²) in [5.74, 6) is 0.881. The summed E-state index contributed by atoms with van der Waals surface area (Å²) in [5.41, 5.74) is 4.64. The maximum Gasteiger partial charge on any atom is 0.130 e. The van der Waals surface area contributed by atoms with Crippen LogP contribution in [0.2, 0.25) is 0 Å². The van der Waals surface area contributed by atoms with E-state index in [9.17, 15) is 0 Å². The summed E-state index contributed by atoms with van der Waals surface area (Å²) < 4.78 is 7.97. The summed E-state index contributed by atoms with van der Waals surface area (Å²) in [4.78, 5) is 4.28. The Balaban J connectivity index is 1.42. The van der Waals surface area contributed by atoms with E-state index in [0.29, 0.717) is 6.61 Å². The molecule has 1 aromatic carbocycles. The Morgan fingerprint density at radius 1 is 1.00 bits per heavy atom. The van der Waals surface area contributed by atoms with Crippen molar-refractivity contribution in [2.24, 2.45) is 7.05 Å². The molecule has 3 heteroatoms. The van der Waals surface area contributed by atoms with Crippen LogP contribution in [0.25, 0.3) is 12.2 Å². The van der Waals surface area contributed by atoms with Crippen LogP contribution in [0.1, 0.15) is 41.8 Å². The first-order valence-electron chi connectivity index (χ1n) is 9.80. The highest BCUT2D eigenvalue weighted by Crippen LogP contribution is 2.19. The van der Waals surface area contributed by atoms with Crippen molar-refractivity contribution >= 4 is 12.2 Å². The lowest BCUT2D eigenvalue weighted by Crippen LogP contribution is -1.97. The minimum Gasteiger partial charge on any atom is -0.487 e. The number of benzene rings is 1. The lowest BCUT2D eigenvalue weighted by atomic mass is 10.1. The Kier molecular flexibility index (Phi) is 7.25. The van der Waals surface area contributed by atoms with Crippen LogP contribution in [-0.2, 0) is 13.7 Å². The van der Waals surface area contributed by atoms with Gasteiger partial charge in [0.2, 0.25) is 0 Å². The number of nitrogens with zero attached hydrogens (tertiary/aromatic N) is 2. The van der Waals surface area contributed by atoms with E-state index in [1.54, 1.807) is 6.20 Å². The molecular weight excluding hydrogens is 344 g/mol. The highest BCUT2D eigenvalue weighted by molar-refractivity contribution is 5.55. The summed E-state index contributed by atoms with van der Waals surface area (Å²) in [7, 11) is 2.07. The van der Waals surface area contributed by atoms with Gasteiger partial charge in [0, 0.05) is 25.1 Å². The third kappa shape index (κ3) is 5.98. The first-order chi connectivity index (χ1) is 13.7. The predicted molar refractivity (Wildman–Crippen MR) is 117 cm³/mol. The summed E-state index contributed by atoms with van der Waals surface area (Å²) in [6.45, 7) is 2.61. The molecular formula is C25H28N2O. The van der Waals surface area contributed by atoms with Gasteiger partial charge in [-0.05, 0) is 79.8 Å². The zero-order valence-electron chi connectivity index (χ0n) is 16.7. The van der Waals surface area contributed by atoms with Crippen LogP contribution in [-0.4, -0.2) is 9.55 Å². The maximum atomic E-state index is 5.84. The smallest absolute Gasteiger partial charge is 0.130 e. The molecule has 3 rings (SSSR count). The summed E-state index contributed by atoms with van der Waals surface area (Å²) in [5, 5.41) is 0. The molecule has 0 bridgehead atoms. The zero-order chi connectivity index (χ0) is 19.6. The topological polar surface area (TPSA) is 27.1 Å². The molecule has 2 aromatic heterocycles. The van der Waals surface area contributed by atoms with Crippen molar-refractivity contribution in [1.82, 2.24) is 9.55 Å². The van der Waals surface area contributed by atoms with Crippen molar-refractivity contribution < 1.29 is 4.74 Å². The number of hydrogen-bond donors (Lipinski definition) is 0. The van der Waals surface area contributed by atoms with E-state index in [2.05, 4.69) is 78.3 Å². The molecule has 0 amide bonds. The van der Waals surface area contributed by atoms with Gasteiger partial charge in [-0.1, -0.05) is 30.4 Å². The minimum absolute atomic E-state index is 0.492. The highest BCUT2D eigenvalue weighted by atomic mass is 16.5. The molecule has 0 atom stereocenters. The number of unbranched alkanes of at least 4 members (excludes halogenated alkanes) is 2. The van der Waals surface area contributed by atoms with Crippen molar-refractivity contribution in [3.05, 3.63) is 95.6 Å². The monoisotopic (exact) mass is 372 g/mol. The fourth-order valence-electron chi connectivity index (χ4n) is 2.98. The number of allylic oxidation sites excluding steroid dienone is 2. The number of ether oxygens (including phenoxy) is 1. The first-order valence-corrected chi connectivity index (χ1v) is 9.80. The fourth-order valence-corrected chi connectivity index (χ4v) is 2.98. The molecule has 0 spiro atoms. The Hall–Kier alpha value is -3.07. The van der Waals surface area contributed by atoms with Crippen LogP contribution < -0.4 is 4.74 Å². The lowest BCUT2D eigenvalue weighted by Gasteiger charge is -2.08. The lowest BCUT2D eigenvalue weighted by molar-refractivity contribution is 0.301. The molecule has 0 aliphatic carbocycles. The molecule has 0 unspecified atom stereocenters. The van der Waals surface area contributed by atoms with Gasteiger partial charge in [0.1, 0.15) is 12.4 Å². The molecule has 144 valence electrons. The minimum atomic E-state index is 0.492. The van der Waals surface area contributed by atoms with E-state index in [0.717, 1.165) is 30.7 Å². The zero-order valence-corrected chi connectivity index (χ0v) is 16.7. The van der Waals surface area contributed by atoms with Gasteiger partial charge in [-0.2, -0.15) is 0 Å². The molecule has 0 saturated heterocycles. The van der Waals surface area contributed by atoms with Crippen molar-refractivity contribution in [2.45, 2.75) is 32.8 Å². The first kappa shape index (κ1) is 19.7. The second kappa shape index (κ2) is 10.3. The van der Waals surface area contributed by atoms with Crippen LogP contribution in [0.4, 0.5) is 0 Å². The average Bonchev–Trinajstić information content (AvgIpc) is 3.12. The highest BCUT2D eigenvalue weighted by Gasteiger charge is 2.00. The van der Waals surface area contributed by atoms with E-state index in [4.69, 9.17) is 4.74 Å². The van der Waals surface area contributed by atoms with Crippen molar-refractivity contribution in [1.29, 1.82) is 0 Å². The van der Waals surface area contributed by atoms with Crippen molar-refractivity contribution in [3.8, 4) is 5.75 Å². The largest absolute Gasteiger partial charge is 0.487 e. The molecule has 0 aliphatic rings. The van der Waals surface area contributed by atoms with Crippen LogP contribution in [0, 0.1) is 6.92 Å². The second-order valence-corrected chi connectivity index (χ2v) is 6.91. The molecule has 2 heterocycles. The third-order valence-electron chi connectivity index (χ3n) is 4.67. The number of aryl methyl sites for hydroxylation is 2. The number of pyridine rings is 1. The fraction of sp³-hybridized carbons (Fsp3) is 0.240. The Morgan fingerprint density at radius 3 is 2.57 bits per heavy atom. The number of aromatic nitrogens is 2. The van der Waals surface area contributed by atoms with Gasteiger partial charge in [-0.25, -0.2) is 0 Å². The molecule has 3 aromatic rings. The number of rotatable bonds is 9. The molecule has 3 nitrogen and oxygen atoms in total. The summed E-state index contributed by atoms with van der Waals surface area (Å²) in [6, 6.07) is 16.3. The molecule has 0 N–H and O–H groups in total. The maximum absolute atomic E-state index is 5.84. The van der Waals surface area contributed by atoms with E-state index >= 15 is 0 Å². The molecule has 0 radical (unpaired) electrons. The van der Waals surface area contributed by atoms with E-state index in [1.807, 2.05) is 24.3 Å². The molecule has 0 aliphatic heterocycles. The van der Waals surface area contributed by atoms with Gasteiger partial charge in [0.25, 0.3) is 0 Å². The van der Waals surface area contributed by atoms with Gasteiger partial charge in [0.15, 0.2) is 0 Å². The predicted octanol–water partition coefficient (Wildman–Crippen LogP) is 6.20. The van der Waals surface area contributed by atoms with Gasteiger partial charge < -0.3 is 9.30 Å². The standard InChI is InChI=1S/C25H28N2O/c1-21-19-25(28-20-23-12-8-9-17-26-23)16-15-22(21)11-6-4-3-5-7-13-24-14-10-18-27(24)2/h6-19H,3-5,20H2,1-2H3/b11-6+,13-7+. The van der Waals surface area contributed by atoms with Crippen LogP contribution in [0.15, 0.2) is 73.1 Å². The Labute approximate surface area is 168 Å². The molecule has 0 saturated carbocycles. The van der Waals surface area contributed by atoms with Gasteiger partial charge in [-0.3, -0.25) is 4.98 Å². The summed E-state index contributed by atoms with van der Waals surface area (Å²) in [6.07, 6.45) is 16.1. The molecule has 28 heavy (non-hydrogen) atoms. The van der Waals surface area contributed by atoms with Crippen LogP contribution in [0.5, 0.6) is 5.75 Å². The SMILES string of the molecule is Cc1cc(OCc2ccccn2)ccc1/C=C/CCC/C=C/c1cccn1C. The van der Waals surface area contributed by atoms with Gasteiger partial charge in [0.05, 0.1) is 5.69 Å². The Bertz CT molecular complexity index is 923. The third-order valence-corrected chi connectivity index (χ3v) is 4.67. The number of hydrogen-bond acceptors (Lipinski definition) is 2. The Morgan fingerprint density at radius 2 is 1.86 bits per heavy atom. The average molecular weight is 373 g/mol. The normalized spacial score (nSPS) is 11.5. The summed E-state index contributed by atoms with van der Waals surface area (Å²) >= 11 is 0. The second-order valence-electron chi connectivity index (χ2n) is 6.91. The van der Waals surface area contributed by atoms with Crippen LogP contribution in [0.3, 0.4) is 0 Å². The quantitative estimate of drug-likeness (QED) is 0.418. The van der Waals surface area contributed by atoms with Crippen molar-refractivity contribution in [2.75, 3.05) is 0 Å². The van der Waals surface area contributed by atoms with Gasteiger partial charge in [-0.15, -0.1) is 0 Å². The van der Waals surface area contributed by atoms with E-state index < -0.39 is 0 Å². The van der Waals surface area contributed by atoms with E-state index in [-0.39, 0.29) is 0 Å². The van der Waals surface area contributed by atoms with Crippen LogP contribution >= 0.6 is 0 Å². The van der Waals surface area contributed by atoms with Crippen molar-refractivity contribution in [3.63, 3.8) is 0 Å². The molecule has 0 fully saturated rings.